The van der Waals surface area contributed by atoms with Crippen molar-refractivity contribution in [1.82, 2.24) is 30.0 Å². The Morgan fingerprint density at radius 1 is 1.21 bits per heavy atom. The van der Waals surface area contributed by atoms with E-state index in [2.05, 4.69) is 32.6 Å². The number of guanidine groups is 1. The minimum Gasteiger partial charge on any atom is -0.370 e. The summed E-state index contributed by atoms with van der Waals surface area (Å²) < 4.78 is 7.33. The number of aromatic nitrogens is 5. The van der Waals surface area contributed by atoms with Crippen LogP contribution in [0.2, 0.25) is 0 Å². The van der Waals surface area contributed by atoms with Gasteiger partial charge in [0.2, 0.25) is 11.7 Å². The predicted octanol–water partition coefficient (Wildman–Crippen LogP) is 2.15. The van der Waals surface area contributed by atoms with E-state index < -0.39 is 0 Å². The summed E-state index contributed by atoms with van der Waals surface area (Å²) in [5, 5.41) is 20.3. The fourth-order valence-corrected chi connectivity index (χ4v) is 3.92. The van der Waals surface area contributed by atoms with Gasteiger partial charge in [-0.25, -0.2) is 4.68 Å². The molecule has 9 heteroatoms. The van der Waals surface area contributed by atoms with Crippen LogP contribution in [0.25, 0.3) is 11.4 Å². The molecule has 2 aliphatic rings. The Kier molecular flexibility index (Phi) is 4.49. The van der Waals surface area contributed by atoms with Gasteiger partial charge in [-0.3, -0.25) is 5.41 Å². The summed E-state index contributed by atoms with van der Waals surface area (Å²) >= 11 is 0. The maximum absolute atomic E-state index is 7.68. The van der Waals surface area contributed by atoms with E-state index in [-0.39, 0.29) is 12.0 Å². The fraction of sp³-hybridized carbons (Fsp3) is 0.450. The zero-order valence-corrected chi connectivity index (χ0v) is 16.2. The minimum atomic E-state index is 0.111. The molecular weight excluding hydrogens is 368 g/mol. The molecule has 0 bridgehead atoms. The standard InChI is InChI=1S/C20H24N8O/c21-20(22)28-9-1-2-16(28)10-18-23-19(25-29-18)15-5-3-13(4-6-15)11-27-12-17(24-26-27)14-7-8-14/h3-6,12,14,16H,1-2,7-11H2,(H3,21,22). The fourth-order valence-electron chi connectivity index (χ4n) is 3.92. The molecule has 29 heavy (non-hydrogen) atoms. The minimum absolute atomic E-state index is 0.111. The van der Waals surface area contributed by atoms with E-state index in [9.17, 15) is 0 Å². The van der Waals surface area contributed by atoms with E-state index >= 15 is 0 Å². The molecule has 1 saturated carbocycles. The van der Waals surface area contributed by atoms with Crippen LogP contribution in [0.15, 0.2) is 35.0 Å². The van der Waals surface area contributed by atoms with Crippen LogP contribution in [0.4, 0.5) is 0 Å². The first kappa shape index (κ1) is 17.8. The zero-order chi connectivity index (χ0) is 19.8. The van der Waals surface area contributed by atoms with Gasteiger partial charge in [0.05, 0.1) is 12.2 Å². The summed E-state index contributed by atoms with van der Waals surface area (Å²) in [6, 6.07) is 8.27. The van der Waals surface area contributed by atoms with Gasteiger partial charge in [0.15, 0.2) is 5.96 Å². The molecule has 0 spiro atoms. The molecule has 9 nitrogen and oxygen atoms in total. The number of benzene rings is 1. The summed E-state index contributed by atoms with van der Waals surface area (Å²) in [7, 11) is 0. The predicted molar refractivity (Wildman–Crippen MR) is 106 cm³/mol. The molecule has 1 unspecified atom stereocenters. The molecule has 3 heterocycles. The van der Waals surface area contributed by atoms with Gasteiger partial charge >= 0.3 is 0 Å². The average molecular weight is 392 g/mol. The summed E-state index contributed by atoms with van der Waals surface area (Å²) in [5.41, 5.74) is 8.82. The molecule has 1 aromatic carbocycles. The Morgan fingerprint density at radius 3 is 2.79 bits per heavy atom. The van der Waals surface area contributed by atoms with Crippen LogP contribution in [0.5, 0.6) is 0 Å². The number of rotatable bonds is 6. The smallest absolute Gasteiger partial charge is 0.229 e. The van der Waals surface area contributed by atoms with Crippen LogP contribution in [-0.2, 0) is 13.0 Å². The molecule has 3 N–H and O–H groups in total. The first-order valence-corrected chi connectivity index (χ1v) is 10.1. The Morgan fingerprint density at radius 2 is 2.03 bits per heavy atom. The van der Waals surface area contributed by atoms with E-state index in [0.717, 1.165) is 36.2 Å². The number of nitrogens with one attached hydrogen (secondary N) is 1. The number of likely N-dealkylation sites (tertiary alicyclic amines) is 1. The highest BCUT2D eigenvalue weighted by Gasteiger charge is 2.28. The van der Waals surface area contributed by atoms with Gasteiger partial charge in [0.1, 0.15) is 0 Å². The molecule has 5 rings (SSSR count). The molecule has 0 amide bonds. The van der Waals surface area contributed by atoms with Gasteiger partial charge in [0, 0.05) is 36.7 Å². The molecule has 0 radical (unpaired) electrons. The largest absolute Gasteiger partial charge is 0.370 e. The van der Waals surface area contributed by atoms with Gasteiger partial charge in [-0.15, -0.1) is 5.10 Å². The first-order chi connectivity index (χ1) is 14.2. The third-order valence-corrected chi connectivity index (χ3v) is 5.67. The topological polar surface area (TPSA) is 123 Å². The van der Waals surface area contributed by atoms with Crippen molar-refractivity contribution in [3.8, 4) is 11.4 Å². The Labute approximate surface area is 168 Å². The summed E-state index contributed by atoms with van der Waals surface area (Å²) in [6.45, 7) is 1.51. The van der Waals surface area contributed by atoms with Crippen molar-refractivity contribution in [3.05, 3.63) is 47.6 Å². The van der Waals surface area contributed by atoms with Crippen molar-refractivity contribution >= 4 is 5.96 Å². The highest BCUT2D eigenvalue weighted by Crippen LogP contribution is 2.38. The van der Waals surface area contributed by atoms with Crippen molar-refractivity contribution in [2.24, 2.45) is 5.73 Å². The lowest BCUT2D eigenvalue weighted by Gasteiger charge is -2.23. The quantitative estimate of drug-likeness (QED) is 0.487. The average Bonchev–Trinajstić information content (AvgIpc) is 3.09. The SMILES string of the molecule is N=C(N)N1CCCC1Cc1nc(-c2ccc(Cn3cc(C4CC4)nn3)cc2)no1. The number of nitrogens with two attached hydrogens (primary N) is 1. The first-order valence-electron chi connectivity index (χ1n) is 10.1. The monoisotopic (exact) mass is 392 g/mol. The van der Waals surface area contributed by atoms with Crippen LogP contribution < -0.4 is 5.73 Å². The summed E-state index contributed by atoms with van der Waals surface area (Å²) in [6.07, 6.45) is 7.13. The molecule has 2 aromatic heterocycles. The van der Waals surface area contributed by atoms with Crippen molar-refractivity contribution in [1.29, 1.82) is 5.41 Å². The molecule has 1 aliphatic carbocycles. The van der Waals surface area contributed by atoms with Crippen molar-refractivity contribution in [2.75, 3.05) is 6.54 Å². The zero-order valence-electron chi connectivity index (χ0n) is 16.2. The van der Waals surface area contributed by atoms with Crippen LogP contribution in [0.1, 0.15) is 48.7 Å². The molecule has 1 saturated heterocycles. The lowest BCUT2D eigenvalue weighted by atomic mass is 10.1. The van der Waals surface area contributed by atoms with E-state index in [1.165, 1.54) is 12.8 Å². The highest BCUT2D eigenvalue weighted by molar-refractivity contribution is 5.75. The summed E-state index contributed by atoms with van der Waals surface area (Å²) in [4.78, 5) is 6.44. The summed E-state index contributed by atoms with van der Waals surface area (Å²) in [5.74, 6) is 1.89. The van der Waals surface area contributed by atoms with E-state index in [1.807, 2.05) is 27.9 Å². The third kappa shape index (κ3) is 3.85. The molecule has 1 aliphatic heterocycles. The third-order valence-electron chi connectivity index (χ3n) is 5.67. The molecule has 2 fully saturated rings. The molecular formula is C20H24N8O. The molecule has 1 atom stereocenters. The van der Waals surface area contributed by atoms with Gasteiger partial charge in [0.25, 0.3) is 0 Å². The highest BCUT2D eigenvalue weighted by atomic mass is 16.5. The maximum atomic E-state index is 7.68. The second-order valence-electron chi connectivity index (χ2n) is 7.90. The number of hydrogen-bond donors (Lipinski definition) is 2. The lowest BCUT2D eigenvalue weighted by Crippen LogP contribution is -2.41. The molecule has 150 valence electrons. The Hall–Kier alpha value is -3.23. The Bertz CT molecular complexity index is 1000. The van der Waals surface area contributed by atoms with Crippen molar-refractivity contribution < 1.29 is 4.52 Å². The normalized spacial score (nSPS) is 19.0. The van der Waals surface area contributed by atoms with Crippen LogP contribution in [0, 0.1) is 5.41 Å². The lowest BCUT2D eigenvalue weighted by molar-refractivity contribution is 0.320. The maximum Gasteiger partial charge on any atom is 0.229 e. The van der Waals surface area contributed by atoms with E-state index in [0.29, 0.717) is 30.6 Å². The number of hydrogen-bond acceptors (Lipinski definition) is 6. The second kappa shape index (κ2) is 7.31. The van der Waals surface area contributed by atoms with Crippen LogP contribution >= 0.6 is 0 Å². The second-order valence-corrected chi connectivity index (χ2v) is 7.90. The Balaban J connectivity index is 1.23. The van der Waals surface area contributed by atoms with Gasteiger partial charge in [-0.05, 0) is 31.2 Å². The number of nitrogens with zero attached hydrogens (tertiary/aromatic N) is 6. The van der Waals surface area contributed by atoms with Crippen molar-refractivity contribution in [3.63, 3.8) is 0 Å². The van der Waals surface area contributed by atoms with Gasteiger partial charge in [-0.2, -0.15) is 4.98 Å². The van der Waals surface area contributed by atoms with Crippen molar-refractivity contribution in [2.45, 2.75) is 50.6 Å². The van der Waals surface area contributed by atoms with Crippen LogP contribution in [0.3, 0.4) is 0 Å². The van der Waals surface area contributed by atoms with Gasteiger partial charge < -0.3 is 15.2 Å². The van der Waals surface area contributed by atoms with Gasteiger partial charge in [-0.1, -0.05) is 34.6 Å². The van der Waals surface area contributed by atoms with E-state index in [4.69, 9.17) is 15.7 Å². The van der Waals surface area contributed by atoms with E-state index in [1.54, 1.807) is 0 Å². The van der Waals surface area contributed by atoms with Crippen LogP contribution in [-0.4, -0.2) is 48.6 Å². The molecule has 3 aromatic rings.